The molecule has 5 rings (SSSR count). The van der Waals surface area contributed by atoms with Crippen molar-refractivity contribution in [3.05, 3.63) is 64.7 Å². The Morgan fingerprint density at radius 3 is 2.23 bits per heavy atom. The molecule has 35 heavy (non-hydrogen) atoms. The molecule has 1 heterocycles. The number of esters is 1. The third-order valence-corrected chi connectivity index (χ3v) is 7.28. The van der Waals surface area contributed by atoms with Gasteiger partial charge in [-0.3, -0.25) is 34.9 Å². The van der Waals surface area contributed by atoms with Crippen molar-refractivity contribution in [2.24, 2.45) is 23.7 Å². The fourth-order valence-corrected chi connectivity index (χ4v) is 5.61. The van der Waals surface area contributed by atoms with Crippen LogP contribution in [0, 0.1) is 23.7 Å². The average molecular weight is 496 g/mol. The normalized spacial score (nSPS) is 24.3. The molecule has 2 saturated carbocycles. The van der Waals surface area contributed by atoms with Gasteiger partial charge in [-0.05, 0) is 73.6 Å². The van der Waals surface area contributed by atoms with Crippen molar-refractivity contribution in [2.75, 3.05) is 11.5 Å². The number of hydrazine groups is 1. The second-order valence-electron chi connectivity index (χ2n) is 9.03. The number of amides is 4. The molecule has 3 fully saturated rings. The molecule has 4 atom stereocenters. The van der Waals surface area contributed by atoms with Crippen LogP contribution < -0.4 is 15.8 Å². The minimum absolute atomic E-state index is 0.0983. The molecule has 0 aromatic heterocycles. The van der Waals surface area contributed by atoms with Crippen molar-refractivity contribution in [2.45, 2.75) is 19.3 Å². The van der Waals surface area contributed by atoms with Crippen molar-refractivity contribution in [3.63, 3.8) is 0 Å². The van der Waals surface area contributed by atoms with E-state index in [1.54, 1.807) is 12.1 Å². The second-order valence-corrected chi connectivity index (χ2v) is 9.47. The number of carbonyl (C=O) groups excluding carboxylic acids is 5. The van der Waals surface area contributed by atoms with E-state index in [2.05, 4.69) is 10.9 Å². The lowest BCUT2D eigenvalue weighted by atomic mass is 9.81. The summed E-state index contributed by atoms with van der Waals surface area (Å²) in [7, 11) is 0. The molecule has 0 radical (unpaired) electrons. The lowest BCUT2D eigenvalue weighted by Gasteiger charge is -2.19. The number of anilines is 1. The van der Waals surface area contributed by atoms with Gasteiger partial charge in [-0.1, -0.05) is 17.7 Å². The number of carbonyl (C=O) groups is 5. The molecular formula is C25H22ClN3O6. The Balaban J connectivity index is 1.17. The van der Waals surface area contributed by atoms with Gasteiger partial charge in [0.25, 0.3) is 11.8 Å². The van der Waals surface area contributed by atoms with Gasteiger partial charge >= 0.3 is 5.97 Å². The number of halogens is 1. The minimum Gasteiger partial charge on any atom is -0.452 e. The van der Waals surface area contributed by atoms with E-state index in [1.807, 2.05) is 0 Å². The molecule has 1 aliphatic heterocycles. The van der Waals surface area contributed by atoms with Gasteiger partial charge in [0.05, 0.1) is 23.1 Å². The lowest BCUT2D eigenvalue weighted by molar-refractivity contribution is -0.125. The van der Waals surface area contributed by atoms with Crippen molar-refractivity contribution < 1.29 is 28.7 Å². The highest BCUT2D eigenvalue weighted by Gasteiger charge is 2.61. The standard InChI is InChI=1S/C25H22ClN3O6/c26-17-8-6-13(7-9-17)22(31)28-27-19(30)12-35-25(34)16-2-1-3-18(11-16)29-23(32)20-14-4-5-15(10-14)21(20)24(29)33/h1-3,6-9,11,14-15,20-21H,4-5,10,12H2,(H,27,30)(H,28,31)/t14-,15-,20-,21+/m0/s1. The average Bonchev–Trinajstić information content (AvgIpc) is 3.55. The first kappa shape index (κ1) is 23.0. The Kier molecular flexibility index (Phi) is 6.02. The van der Waals surface area contributed by atoms with Crippen molar-refractivity contribution >= 4 is 46.9 Å². The topological polar surface area (TPSA) is 122 Å². The summed E-state index contributed by atoms with van der Waals surface area (Å²) in [6, 6.07) is 12.1. The van der Waals surface area contributed by atoms with E-state index in [1.165, 1.54) is 41.3 Å². The van der Waals surface area contributed by atoms with Crippen LogP contribution in [0.3, 0.4) is 0 Å². The maximum absolute atomic E-state index is 13.0. The van der Waals surface area contributed by atoms with E-state index < -0.39 is 24.4 Å². The highest BCUT2D eigenvalue weighted by molar-refractivity contribution is 6.30. The summed E-state index contributed by atoms with van der Waals surface area (Å²) in [4.78, 5) is 63.7. The van der Waals surface area contributed by atoms with Gasteiger partial charge in [0.1, 0.15) is 0 Å². The number of hydrogen-bond donors (Lipinski definition) is 2. The van der Waals surface area contributed by atoms with Gasteiger partial charge in [0, 0.05) is 10.6 Å². The van der Waals surface area contributed by atoms with E-state index in [4.69, 9.17) is 16.3 Å². The largest absolute Gasteiger partial charge is 0.452 e. The number of imide groups is 1. The van der Waals surface area contributed by atoms with Crippen LogP contribution in [0.2, 0.25) is 5.02 Å². The number of nitrogens with one attached hydrogen (secondary N) is 2. The Hall–Kier alpha value is -3.72. The molecule has 9 nitrogen and oxygen atoms in total. The summed E-state index contributed by atoms with van der Waals surface area (Å²) >= 11 is 5.78. The van der Waals surface area contributed by atoms with Crippen molar-refractivity contribution in [1.82, 2.24) is 10.9 Å². The molecule has 0 spiro atoms. The predicted molar refractivity (Wildman–Crippen MR) is 124 cm³/mol. The van der Waals surface area contributed by atoms with Crippen LogP contribution in [0.4, 0.5) is 5.69 Å². The first-order valence-corrected chi connectivity index (χ1v) is 11.7. The van der Waals surface area contributed by atoms with E-state index in [0.29, 0.717) is 10.7 Å². The molecule has 180 valence electrons. The minimum atomic E-state index is -0.801. The summed E-state index contributed by atoms with van der Waals surface area (Å²) in [6.07, 6.45) is 2.90. The van der Waals surface area contributed by atoms with E-state index in [-0.39, 0.29) is 46.6 Å². The molecule has 4 amide bonds. The summed E-state index contributed by atoms with van der Waals surface area (Å²) in [5.41, 5.74) is 5.08. The van der Waals surface area contributed by atoms with E-state index in [9.17, 15) is 24.0 Å². The molecule has 2 N–H and O–H groups in total. The summed E-state index contributed by atoms with van der Waals surface area (Å²) in [6.45, 7) is -0.640. The Morgan fingerprint density at radius 1 is 0.914 bits per heavy atom. The van der Waals surface area contributed by atoms with Crippen LogP contribution in [-0.2, 0) is 19.1 Å². The zero-order valence-electron chi connectivity index (χ0n) is 18.5. The molecule has 2 bridgehead atoms. The van der Waals surface area contributed by atoms with Gasteiger partial charge in [-0.2, -0.15) is 0 Å². The smallest absolute Gasteiger partial charge is 0.338 e. The van der Waals surface area contributed by atoms with Crippen LogP contribution in [0.1, 0.15) is 40.0 Å². The molecule has 2 aromatic carbocycles. The Morgan fingerprint density at radius 2 is 1.57 bits per heavy atom. The molecule has 2 aromatic rings. The van der Waals surface area contributed by atoms with Crippen LogP contribution in [0.5, 0.6) is 0 Å². The highest BCUT2D eigenvalue weighted by Crippen LogP contribution is 2.56. The summed E-state index contributed by atoms with van der Waals surface area (Å²) < 4.78 is 5.03. The number of rotatable bonds is 5. The fraction of sp³-hybridized carbons (Fsp3) is 0.320. The fourth-order valence-electron chi connectivity index (χ4n) is 5.49. The van der Waals surface area contributed by atoms with Gasteiger partial charge < -0.3 is 4.74 Å². The number of hydrogen-bond acceptors (Lipinski definition) is 6. The molecule has 3 aliphatic rings. The predicted octanol–water partition coefficient (Wildman–Crippen LogP) is 2.49. The van der Waals surface area contributed by atoms with Gasteiger partial charge in [-0.25, -0.2) is 4.79 Å². The van der Waals surface area contributed by atoms with Crippen molar-refractivity contribution in [1.29, 1.82) is 0 Å². The van der Waals surface area contributed by atoms with Gasteiger partial charge in [0.2, 0.25) is 11.8 Å². The Labute approximate surface area is 205 Å². The maximum Gasteiger partial charge on any atom is 0.338 e. The number of ether oxygens (including phenoxy) is 1. The van der Waals surface area contributed by atoms with E-state index >= 15 is 0 Å². The summed E-state index contributed by atoms with van der Waals surface area (Å²) in [5.74, 6) is -2.51. The zero-order valence-corrected chi connectivity index (χ0v) is 19.3. The van der Waals surface area contributed by atoms with Gasteiger partial charge in [0.15, 0.2) is 6.61 Å². The third kappa shape index (κ3) is 4.27. The molecular weight excluding hydrogens is 474 g/mol. The monoisotopic (exact) mass is 495 g/mol. The molecule has 2 aliphatic carbocycles. The first-order chi connectivity index (χ1) is 16.8. The quantitative estimate of drug-likeness (QED) is 0.373. The van der Waals surface area contributed by atoms with E-state index in [0.717, 1.165) is 19.3 Å². The van der Waals surface area contributed by atoms with Gasteiger partial charge in [-0.15, -0.1) is 0 Å². The number of nitrogens with zero attached hydrogens (tertiary/aromatic N) is 1. The van der Waals surface area contributed by atoms with Crippen LogP contribution in [0.15, 0.2) is 48.5 Å². The maximum atomic E-state index is 13.0. The number of benzene rings is 2. The second kappa shape index (κ2) is 9.14. The third-order valence-electron chi connectivity index (χ3n) is 7.02. The summed E-state index contributed by atoms with van der Waals surface area (Å²) in [5, 5.41) is 0.468. The van der Waals surface area contributed by atoms with Crippen LogP contribution in [-0.4, -0.2) is 36.2 Å². The molecule has 1 saturated heterocycles. The number of fused-ring (bicyclic) bond motifs is 5. The van der Waals surface area contributed by atoms with Crippen molar-refractivity contribution in [3.8, 4) is 0 Å². The SMILES string of the molecule is O=C(COC(=O)c1cccc(N2C(=O)[C@@H]3[C@H]4CC[C@@H](C4)[C@@H]3C2=O)c1)NNC(=O)c1ccc(Cl)cc1. The van der Waals surface area contributed by atoms with Crippen LogP contribution >= 0.6 is 11.6 Å². The zero-order chi connectivity index (χ0) is 24.7. The Bertz CT molecular complexity index is 1200. The first-order valence-electron chi connectivity index (χ1n) is 11.3. The molecule has 10 heteroatoms. The highest BCUT2D eigenvalue weighted by atomic mass is 35.5. The molecule has 0 unspecified atom stereocenters. The van der Waals surface area contributed by atoms with Crippen LogP contribution in [0.25, 0.3) is 0 Å². The lowest BCUT2D eigenvalue weighted by Crippen LogP contribution is -2.43.